The van der Waals surface area contributed by atoms with Crippen molar-refractivity contribution in [2.24, 2.45) is 21.7 Å². The number of rotatable bonds is 10. The zero-order valence-corrected chi connectivity index (χ0v) is 24.0. The fraction of sp³-hybridized carbons (Fsp3) is 0.344. The molecule has 5 rings (SSSR count). The maximum absolute atomic E-state index is 13.5. The summed E-state index contributed by atoms with van der Waals surface area (Å²) in [6, 6.07) is 19.0. The molecular formula is C32H35F3N6O2. The second kappa shape index (κ2) is 12.5. The summed E-state index contributed by atoms with van der Waals surface area (Å²) in [7, 11) is 0. The maximum Gasteiger partial charge on any atom is 0.573 e. The number of amides is 1. The average molecular weight is 593 g/mol. The SMILES string of the molecule is CCCCC1=NC2(CCCC2)C(=O)N1Cc1ccc(-c2cc(-c3ccc(OC(F)(F)F)cc3)ccc2/C(N)=N/NN)cc1. The van der Waals surface area contributed by atoms with E-state index in [4.69, 9.17) is 16.6 Å². The third kappa shape index (κ3) is 6.67. The lowest BCUT2D eigenvalue weighted by molar-refractivity contribution is -0.274. The first-order valence-corrected chi connectivity index (χ1v) is 14.4. The second-order valence-electron chi connectivity index (χ2n) is 10.9. The summed E-state index contributed by atoms with van der Waals surface area (Å²) in [4.78, 5) is 20.4. The number of carbonyl (C=O) groups is 1. The van der Waals surface area contributed by atoms with Gasteiger partial charge in [-0.05, 0) is 71.3 Å². The molecule has 0 unspecified atom stereocenters. The van der Waals surface area contributed by atoms with Crippen molar-refractivity contribution >= 4 is 17.6 Å². The van der Waals surface area contributed by atoms with Crippen molar-refractivity contribution in [3.8, 4) is 28.0 Å². The lowest BCUT2D eigenvalue weighted by Crippen LogP contribution is -2.40. The number of carbonyl (C=O) groups excluding carboxylic acids is 1. The summed E-state index contributed by atoms with van der Waals surface area (Å²) < 4.78 is 41.8. The summed E-state index contributed by atoms with van der Waals surface area (Å²) in [5.74, 6) is 6.25. The molecule has 1 amide bonds. The lowest BCUT2D eigenvalue weighted by atomic mass is 9.93. The van der Waals surface area contributed by atoms with Crippen LogP contribution in [0.2, 0.25) is 0 Å². The molecule has 0 atom stereocenters. The highest BCUT2D eigenvalue weighted by atomic mass is 19.4. The van der Waals surface area contributed by atoms with Gasteiger partial charge >= 0.3 is 6.36 Å². The van der Waals surface area contributed by atoms with Crippen LogP contribution >= 0.6 is 0 Å². The predicted octanol–water partition coefficient (Wildman–Crippen LogP) is 6.25. The Bertz CT molecular complexity index is 1510. The molecule has 0 aromatic heterocycles. The van der Waals surface area contributed by atoms with Crippen molar-refractivity contribution in [2.45, 2.75) is 70.3 Å². The number of benzene rings is 3. The molecular weight excluding hydrogens is 557 g/mol. The monoisotopic (exact) mass is 592 g/mol. The van der Waals surface area contributed by atoms with Crippen LogP contribution in [0.4, 0.5) is 13.2 Å². The van der Waals surface area contributed by atoms with Gasteiger partial charge in [-0.2, -0.15) is 0 Å². The van der Waals surface area contributed by atoms with Crippen molar-refractivity contribution < 1.29 is 22.7 Å². The van der Waals surface area contributed by atoms with Gasteiger partial charge in [-0.25, -0.2) is 11.4 Å². The summed E-state index contributed by atoms with van der Waals surface area (Å²) in [5, 5.41) is 3.93. The number of amidine groups is 2. The van der Waals surface area contributed by atoms with Crippen LogP contribution in [0.1, 0.15) is 63.0 Å². The molecule has 1 aliphatic heterocycles. The van der Waals surface area contributed by atoms with Crippen molar-refractivity contribution in [3.05, 3.63) is 77.9 Å². The summed E-state index contributed by atoms with van der Waals surface area (Å²) in [6.07, 6.45) is 1.71. The van der Waals surface area contributed by atoms with Gasteiger partial charge in [0, 0.05) is 12.0 Å². The molecule has 8 nitrogen and oxygen atoms in total. The van der Waals surface area contributed by atoms with E-state index in [0.717, 1.165) is 73.0 Å². The number of nitrogens with two attached hydrogens (primary N) is 2. The molecule has 1 saturated carbocycles. The number of hydrogen-bond acceptors (Lipinski definition) is 6. The molecule has 5 N–H and O–H groups in total. The van der Waals surface area contributed by atoms with E-state index in [9.17, 15) is 18.0 Å². The number of aliphatic imine (C=N–C) groups is 1. The average Bonchev–Trinajstić information content (AvgIpc) is 3.56. The number of hydrazine groups is 1. The number of unbranched alkanes of at least 4 members (excludes halogenated alkanes) is 1. The van der Waals surface area contributed by atoms with Crippen LogP contribution in [0.25, 0.3) is 22.3 Å². The third-order valence-electron chi connectivity index (χ3n) is 7.99. The number of hydrazone groups is 1. The topological polar surface area (TPSA) is 118 Å². The Morgan fingerprint density at radius 3 is 2.30 bits per heavy atom. The van der Waals surface area contributed by atoms with Gasteiger partial charge in [0.15, 0.2) is 5.84 Å². The molecule has 1 heterocycles. The van der Waals surface area contributed by atoms with Gasteiger partial charge in [-0.15, -0.1) is 18.3 Å². The number of hydrogen-bond donors (Lipinski definition) is 3. The Morgan fingerprint density at radius 2 is 1.67 bits per heavy atom. The standard InChI is InChI=1S/C32H35F3N6O2/c1-2-3-6-28-38-31(17-4-5-18-31)30(42)41(28)20-21-7-9-23(10-8-21)27-19-24(13-16-26(27)29(36)39-40-37)22-11-14-25(15-12-22)43-32(33,34)35/h7-16,19,40H,2-6,17-18,20,37H2,1H3,(H2,36,39). The molecule has 226 valence electrons. The minimum absolute atomic E-state index is 0.111. The first kappa shape index (κ1) is 30.1. The number of halogens is 3. The van der Waals surface area contributed by atoms with Crippen LogP contribution in [0, 0.1) is 0 Å². The fourth-order valence-electron chi connectivity index (χ4n) is 5.84. The summed E-state index contributed by atoms with van der Waals surface area (Å²) in [6.45, 7) is 2.58. The summed E-state index contributed by atoms with van der Waals surface area (Å²) >= 11 is 0. The number of ether oxygens (including phenoxy) is 1. The highest BCUT2D eigenvalue weighted by Crippen LogP contribution is 2.40. The Balaban J connectivity index is 1.42. The largest absolute Gasteiger partial charge is 0.573 e. The van der Waals surface area contributed by atoms with E-state index in [1.165, 1.54) is 12.1 Å². The molecule has 1 fully saturated rings. The fourth-order valence-corrected chi connectivity index (χ4v) is 5.84. The molecule has 1 aliphatic carbocycles. The van der Waals surface area contributed by atoms with Crippen LogP contribution in [0.5, 0.6) is 5.75 Å². The minimum atomic E-state index is -4.76. The Hall–Kier alpha value is -4.38. The minimum Gasteiger partial charge on any atom is -0.406 e. The van der Waals surface area contributed by atoms with Crippen molar-refractivity contribution in [3.63, 3.8) is 0 Å². The zero-order chi connectivity index (χ0) is 30.6. The Morgan fingerprint density at radius 1 is 1.02 bits per heavy atom. The molecule has 43 heavy (non-hydrogen) atoms. The van der Waals surface area contributed by atoms with Crippen LogP contribution in [0.15, 0.2) is 76.8 Å². The van der Waals surface area contributed by atoms with Gasteiger partial charge < -0.3 is 10.5 Å². The predicted molar refractivity (Wildman–Crippen MR) is 161 cm³/mol. The van der Waals surface area contributed by atoms with Crippen LogP contribution in [-0.2, 0) is 11.3 Å². The van der Waals surface area contributed by atoms with Crippen LogP contribution < -0.4 is 21.8 Å². The Kier molecular flexibility index (Phi) is 8.72. The first-order valence-electron chi connectivity index (χ1n) is 14.4. The first-order chi connectivity index (χ1) is 20.6. The molecule has 3 aromatic carbocycles. The number of nitrogens with zero attached hydrogens (tertiary/aromatic N) is 3. The normalized spacial score (nSPS) is 16.6. The van der Waals surface area contributed by atoms with E-state index in [-0.39, 0.29) is 17.5 Å². The van der Waals surface area contributed by atoms with Crippen LogP contribution in [0.3, 0.4) is 0 Å². The smallest absolute Gasteiger partial charge is 0.406 e. The van der Waals surface area contributed by atoms with E-state index in [1.807, 2.05) is 35.2 Å². The van der Waals surface area contributed by atoms with Crippen molar-refractivity contribution in [1.82, 2.24) is 10.4 Å². The lowest BCUT2D eigenvalue weighted by Gasteiger charge is -2.23. The van der Waals surface area contributed by atoms with Gasteiger partial charge in [0.2, 0.25) is 0 Å². The van der Waals surface area contributed by atoms with Gasteiger partial charge in [-0.1, -0.05) is 68.7 Å². The molecule has 11 heteroatoms. The number of alkyl halides is 3. The molecule has 0 bridgehead atoms. The molecule has 0 saturated heterocycles. The van der Waals surface area contributed by atoms with E-state index < -0.39 is 11.9 Å². The molecule has 3 aromatic rings. The second-order valence-corrected chi connectivity index (χ2v) is 10.9. The maximum atomic E-state index is 13.5. The summed E-state index contributed by atoms with van der Waals surface area (Å²) in [5.41, 5.74) is 12.5. The van der Waals surface area contributed by atoms with E-state index in [0.29, 0.717) is 17.7 Å². The van der Waals surface area contributed by atoms with Gasteiger partial charge in [0.1, 0.15) is 17.1 Å². The quantitative estimate of drug-likeness (QED) is 0.111. The number of nitrogens with one attached hydrogen (secondary N) is 1. The molecule has 0 radical (unpaired) electrons. The van der Waals surface area contributed by atoms with Crippen molar-refractivity contribution in [1.29, 1.82) is 0 Å². The van der Waals surface area contributed by atoms with Crippen molar-refractivity contribution in [2.75, 3.05) is 0 Å². The van der Waals surface area contributed by atoms with Crippen LogP contribution in [-0.4, -0.2) is 34.4 Å². The zero-order valence-electron chi connectivity index (χ0n) is 24.0. The van der Waals surface area contributed by atoms with E-state index >= 15 is 0 Å². The van der Waals surface area contributed by atoms with E-state index in [1.54, 1.807) is 24.3 Å². The van der Waals surface area contributed by atoms with Gasteiger partial charge in [0.25, 0.3) is 5.91 Å². The highest BCUT2D eigenvalue weighted by molar-refractivity contribution is 6.08. The molecule has 1 spiro atoms. The van der Waals surface area contributed by atoms with Gasteiger partial charge in [-0.3, -0.25) is 14.7 Å². The van der Waals surface area contributed by atoms with Gasteiger partial charge in [0.05, 0.1) is 6.54 Å². The Labute approximate surface area is 248 Å². The third-order valence-corrected chi connectivity index (χ3v) is 7.99. The van der Waals surface area contributed by atoms with E-state index in [2.05, 4.69) is 22.3 Å². The molecule has 2 aliphatic rings. The highest BCUT2D eigenvalue weighted by Gasteiger charge is 2.49.